The van der Waals surface area contributed by atoms with Crippen molar-refractivity contribution in [3.63, 3.8) is 0 Å². The summed E-state index contributed by atoms with van der Waals surface area (Å²) in [6, 6.07) is 7.37. The molecule has 0 amide bonds. The number of halogens is 1. The summed E-state index contributed by atoms with van der Waals surface area (Å²) >= 11 is 5.96. The number of carbonyl (C=O) groups is 2. The van der Waals surface area contributed by atoms with Crippen LogP contribution >= 0.6 is 11.6 Å². The van der Waals surface area contributed by atoms with Crippen LogP contribution in [0.3, 0.4) is 0 Å². The van der Waals surface area contributed by atoms with Gasteiger partial charge in [0, 0.05) is 11.4 Å². The van der Waals surface area contributed by atoms with Gasteiger partial charge >= 0.3 is 5.97 Å². The Bertz CT molecular complexity index is 401. The molecule has 0 unspecified atom stereocenters. The van der Waals surface area contributed by atoms with Crippen molar-refractivity contribution in [2.24, 2.45) is 0 Å². The Morgan fingerprint density at radius 3 is 2.65 bits per heavy atom. The van der Waals surface area contributed by atoms with Crippen molar-refractivity contribution in [2.75, 3.05) is 6.61 Å². The van der Waals surface area contributed by atoms with E-state index in [0.717, 1.165) is 5.56 Å². The van der Waals surface area contributed by atoms with Crippen LogP contribution in [0.25, 0.3) is 0 Å². The molecule has 0 fully saturated rings. The summed E-state index contributed by atoms with van der Waals surface area (Å²) in [6.45, 7) is 2.02. The molecule has 0 aliphatic rings. The summed E-state index contributed by atoms with van der Waals surface area (Å²) in [6.07, 6.45) is 0.707. The van der Waals surface area contributed by atoms with Crippen molar-refractivity contribution < 1.29 is 14.3 Å². The first-order valence-corrected chi connectivity index (χ1v) is 5.92. The smallest absolute Gasteiger partial charge is 0.313 e. The zero-order valence-corrected chi connectivity index (χ0v) is 10.5. The van der Waals surface area contributed by atoms with E-state index in [2.05, 4.69) is 0 Å². The molecule has 0 bridgehead atoms. The van der Waals surface area contributed by atoms with E-state index < -0.39 is 5.97 Å². The Morgan fingerprint density at radius 2 is 2.00 bits per heavy atom. The van der Waals surface area contributed by atoms with Crippen molar-refractivity contribution >= 4 is 23.4 Å². The summed E-state index contributed by atoms with van der Waals surface area (Å²) < 4.78 is 4.70. The minimum absolute atomic E-state index is 0.122. The zero-order chi connectivity index (χ0) is 12.7. The van der Waals surface area contributed by atoms with Crippen LogP contribution in [0, 0.1) is 0 Å². The monoisotopic (exact) mass is 254 g/mol. The SMILES string of the molecule is CCOC(=O)CC(=O)CCc1ccccc1Cl. The second-order valence-electron chi connectivity index (χ2n) is 3.61. The van der Waals surface area contributed by atoms with Crippen LogP contribution in [0.5, 0.6) is 0 Å². The summed E-state index contributed by atoms with van der Waals surface area (Å²) in [5.74, 6) is -0.583. The van der Waals surface area contributed by atoms with Gasteiger partial charge in [0.05, 0.1) is 6.61 Å². The molecule has 0 aliphatic heterocycles. The highest BCUT2D eigenvalue weighted by Gasteiger charge is 2.10. The molecule has 17 heavy (non-hydrogen) atoms. The van der Waals surface area contributed by atoms with Crippen LogP contribution < -0.4 is 0 Å². The van der Waals surface area contributed by atoms with Crippen molar-refractivity contribution in [3.8, 4) is 0 Å². The molecule has 1 aromatic carbocycles. The number of rotatable bonds is 6. The molecule has 0 aliphatic carbocycles. The highest BCUT2D eigenvalue weighted by atomic mass is 35.5. The van der Waals surface area contributed by atoms with E-state index in [1.165, 1.54) is 0 Å². The minimum atomic E-state index is -0.461. The average molecular weight is 255 g/mol. The molecule has 92 valence electrons. The maximum atomic E-state index is 11.5. The van der Waals surface area contributed by atoms with Gasteiger partial charge < -0.3 is 4.74 Å². The molecule has 0 heterocycles. The Morgan fingerprint density at radius 1 is 1.29 bits per heavy atom. The van der Waals surface area contributed by atoms with Gasteiger partial charge in [0.1, 0.15) is 12.2 Å². The fourth-order valence-corrected chi connectivity index (χ4v) is 1.67. The minimum Gasteiger partial charge on any atom is -0.466 e. The van der Waals surface area contributed by atoms with Crippen LogP contribution in [-0.4, -0.2) is 18.4 Å². The van der Waals surface area contributed by atoms with Gasteiger partial charge in [-0.1, -0.05) is 29.8 Å². The summed E-state index contributed by atoms with van der Waals surface area (Å²) in [4.78, 5) is 22.5. The second kappa shape index (κ2) is 7.07. The maximum absolute atomic E-state index is 11.5. The first kappa shape index (κ1) is 13.7. The van der Waals surface area contributed by atoms with Crippen molar-refractivity contribution in [1.29, 1.82) is 0 Å². The van der Waals surface area contributed by atoms with Crippen LogP contribution in [0.1, 0.15) is 25.3 Å². The fraction of sp³-hybridized carbons (Fsp3) is 0.385. The third kappa shape index (κ3) is 5.00. The largest absolute Gasteiger partial charge is 0.466 e. The number of hydrogen-bond donors (Lipinski definition) is 0. The standard InChI is InChI=1S/C13H15ClO3/c1-2-17-13(16)9-11(15)8-7-10-5-3-4-6-12(10)14/h3-6H,2,7-9H2,1H3. The van der Waals surface area contributed by atoms with Gasteiger partial charge in [-0.25, -0.2) is 0 Å². The summed E-state index contributed by atoms with van der Waals surface area (Å²) in [5, 5.41) is 0.649. The highest BCUT2D eigenvalue weighted by molar-refractivity contribution is 6.31. The molecule has 0 aromatic heterocycles. The van der Waals surface area contributed by atoms with E-state index in [0.29, 0.717) is 24.5 Å². The molecular formula is C13H15ClO3. The van der Waals surface area contributed by atoms with Crippen LogP contribution in [0.4, 0.5) is 0 Å². The Kier molecular flexibility index (Phi) is 5.70. The van der Waals surface area contributed by atoms with Gasteiger partial charge in [-0.05, 0) is 25.0 Å². The zero-order valence-electron chi connectivity index (χ0n) is 9.74. The molecule has 1 aromatic rings. The molecule has 0 radical (unpaired) electrons. The first-order chi connectivity index (χ1) is 8.13. The molecule has 0 spiro atoms. The number of Topliss-reactive ketones (excluding diaryl/α,β-unsaturated/α-hetero) is 1. The number of ketones is 1. The normalized spacial score (nSPS) is 10.0. The van der Waals surface area contributed by atoms with Crippen molar-refractivity contribution in [1.82, 2.24) is 0 Å². The number of hydrogen-bond acceptors (Lipinski definition) is 3. The lowest BCUT2D eigenvalue weighted by molar-refractivity contribution is -0.145. The molecule has 4 heteroatoms. The number of ether oxygens (including phenoxy) is 1. The number of aryl methyl sites for hydroxylation is 1. The fourth-order valence-electron chi connectivity index (χ4n) is 1.44. The van der Waals surface area contributed by atoms with E-state index in [4.69, 9.17) is 16.3 Å². The Labute approximate surface area is 106 Å². The van der Waals surface area contributed by atoms with Gasteiger partial charge in [-0.15, -0.1) is 0 Å². The third-order valence-electron chi connectivity index (χ3n) is 2.28. The topological polar surface area (TPSA) is 43.4 Å². The van der Waals surface area contributed by atoms with E-state index in [1.807, 2.05) is 18.2 Å². The molecule has 0 atom stereocenters. The molecule has 3 nitrogen and oxygen atoms in total. The van der Waals surface area contributed by atoms with E-state index in [9.17, 15) is 9.59 Å². The predicted molar refractivity (Wildman–Crippen MR) is 66.0 cm³/mol. The Hall–Kier alpha value is -1.35. The third-order valence-corrected chi connectivity index (χ3v) is 2.65. The van der Waals surface area contributed by atoms with Crippen LogP contribution in [0.15, 0.2) is 24.3 Å². The van der Waals surface area contributed by atoms with Gasteiger partial charge in [0.25, 0.3) is 0 Å². The molecule has 0 saturated heterocycles. The maximum Gasteiger partial charge on any atom is 0.313 e. The quantitative estimate of drug-likeness (QED) is 0.579. The highest BCUT2D eigenvalue weighted by Crippen LogP contribution is 2.16. The van der Waals surface area contributed by atoms with Gasteiger partial charge in [-0.2, -0.15) is 0 Å². The lowest BCUT2D eigenvalue weighted by atomic mass is 10.1. The molecule has 0 N–H and O–H groups in total. The molecular weight excluding hydrogens is 240 g/mol. The molecule has 1 rings (SSSR count). The van der Waals surface area contributed by atoms with Gasteiger partial charge in [-0.3, -0.25) is 9.59 Å². The van der Waals surface area contributed by atoms with Crippen LogP contribution in [0.2, 0.25) is 5.02 Å². The van der Waals surface area contributed by atoms with Crippen LogP contribution in [-0.2, 0) is 20.7 Å². The van der Waals surface area contributed by atoms with Gasteiger partial charge in [0.15, 0.2) is 0 Å². The lowest BCUT2D eigenvalue weighted by Crippen LogP contribution is -2.11. The van der Waals surface area contributed by atoms with Crippen molar-refractivity contribution in [3.05, 3.63) is 34.9 Å². The van der Waals surface area contributed by atoms with E-state index in [-0.39, 0.29) is 12.2 Å². The molecule has 0 saturated carbocycles. The number of benzene rings is 1. The van der Waals surface area contributed by atoms with E-state index in [1.54, 1.807) is 13.0 Å². The number of carbonyl (C=O) groups excluding carboxylic acids is 2. The van der Waals surface area contributed by atoms with Crippen molar-refractivity contribution in [2.45, 2.75) is 26.2 Å². The average Bonchev–Trinajstić information content (AvgIpc) is 2.28. The second-order valence-corrected chi connectivity index (χ2v) is 4.02. The number of esters is 1. The summed E-state index contributed by atoms with van der Waals surface area (Å²) in [5.41, 5.74) is 0.923. The summed E-state index contributed by atoms with van der Waals surface area (Å²) in [7, 11) is 0. The van der Waals surface area contributed by atoms with Gasteiger partial charge in [0.2, 0.25) is 0 Å². The van der Waals surface area contributed by atoms with E-state index >= 15 is 0 Å². The first-order valence-electron chi connectivity index (χ1n) is 5.54. The Balaban J connectivity index is 2.38. The lowest BCUT2D eigenvalue weighted by Gasteiger charge is -2.03. The predicted octanol–water partition coefficient (Wildman–Crippen LogP) is 2.79.